The van der Waals surface area contributed by atoms with Crippen LogP contribution in [0.5, 0.6) is 28.7 Å². The first kappa shape index (κ1) is 21.9. The molecule has 2 aliphatic rings. The van der Waals surface area contributed by atoms with Crippen molar-refractivity contribution in [2.45, 2.75) is 30.7 Å². The lowest BCUT2D eigenvalue weighted by Gasteiger charge is -2.39. The van der Waals surface area contributed by atoms with Crippen LogP contribution in [0, 0.1) is 0 Å². The first-order valence-corrected chi connectivity index (χ1v) is 9.50. The second kappa shape index (κ2) is 8.30. The van der Waals surface area contributed by atoms with Crippen LogP contribution in [-0.2, 0) is 4.74 Å². The van der Waals surface area contributed by atoms with Crippen molar-refractivity contribution in [3.8, 4) is 28.7 Å². The first-order valence-electron chi connectivity index (χ1n) is 9.50. The molecular formula is C21H20O11. The van der Waals surface area contributed by atoms with Crippen LogP contribution in [0.4, 0.5) is 0 Å². The molecule has 5 unspecified atom stereocenters. The third-order valence-electron chi connectivity index (χ3n) is 5.12. The molecule has 11 nitrogen and oxygen atoms in total. The summed E-state index contributed by atoms with van der Waals surface area (Å²) in [5, 5.41) is 68.4. The van der Waals surface area contributed by atoms with Gasteiger partial charge in [0.1, 0.15) is 47.2 Å². The highest BCUT2D eigenvalue weighted by Crippen LogP contribution is 2.42. The van der Waals surface area contributed by atoms with E-state index in [9.17, 15) is 40.5 Å². The molecule has 0 aliphatic carbocycles. The molecule has 0 amide bonds. The van der Waals surface area contributed by atoms with Crippen LogP contribution >= 0.6 is 0 Å². The van der Waals surface area contributed by atoms with Gasteiger partial charge < -0.3 is 50.0 Å². The van der Waals surface area contributed by atoms with Crippen LogP contribution in [0.1, 0.15) is 15.9 Å². The molecule has 1 saturated heterocycles. The van der Waals surface area contributed by atoms with Gasteiger partial charge in [-0.1, -0.05) is 6.07 Å². The molecule has 0 bridgehead atoms. The van der Waals surface area contributed by atoms with E-state index in [1.807, 2.05) is 0 Å². The van der Waals surface area contributed by atoms with Gasteiger partial charge in [0.25, 0.3) is 0 Å². The Hall–Kier alpha value is -3.35. The SMILES string of the molecule is O=C1/C(=C\c2ccc(O)c(O)c2)Oc2cc(OC3OC(CO)C(O)C(O)C3O)cc(O)c21. The van der Waals surface area contributed by atoms with E-state index in [-0.39, 0.29) is 34.3 Å². The smallest absolute Gasteiger partial charge is 0.235 e. The van der Waals surface area contributed by atoms with E-state index in [1.165, 1.54) is 30.3 Å². The van der Waals surface area contributed by atoms with Crippen molar-refractivity contribution in [1.29, 1.82) is 0 Å². The Balaban J connectivity index is 1.58. The predicted molar refractivity (Wildman–Crippen MR) is 105 cm³/mol. The average Bonchev–Trinajstić information content (AvgIpc) is 3.06. The molecule has 0 spiro atoms. The summed E-state index contributed by atoms with van der Waals surface area (Å²) < 4.78 is 16.2. The van der Waals surface area contributed by atoms with E-state index in [0.29, 0.717) is 5.56 Å². The van der Waals surface area contributed by atoms with Gasteiger partial charge in [-0.15, -0.1) is 0 Å². The molecule has 7 N–H and O–H groups in total. The lowest BCUT2D eigenvalue weighted by Crippen LogP contribution is -2.60. The van der Waals surface area contributed by atoms with Gasteiger partial charge in [0.15, 0.2) is 17.3 Å². The number of aromatic hydroxyl groups is 3. The fraction of sp³-hybridized carbons (Fsp3) is 0.286. The fourth-order valence-electron chi connectivity index (χ4n) is 3.42. The maximum absolute atomic E-state index is 12.6. The van der Waals surface area contributed by atoms with Crippen molar-refractivity contribution in [2.24, 2.45) is 0 Å². The number of allylic oxidation sites excluding steroid dienone is 1. The number of hydrogen-bond donors (Lipinski definition) is 7. The summed E-state index contributed by atoms with van der Waals surface area (Å²) >= 11 is 0. The Kier molecular flexibility index (Phi) is 5.67. The minimum absolute atomic E-state index is 0.0520. The summed E-state index contributed by atoms with van der Waals surface area (Å²) in [7, 11) is 0. The van der Waals surface area contributed by atoms with Gasteiger partial charge in [-0.05, 0) is 23.8 Å². The van der Waals surface area contributed by atoms with Crippen molar-refractivity contribution in [1.82, 2.24) is 0 Å². The Morgan fingerprint density at radius 2 is 1.69 bits per heavy atom. The summed E-state index contributed by atoms with van der Waals surface area (Å²) in [4.78, 5) is 12.6. The fourth-order valence-corrected chi connectivity index (χ4v) is 3.42. The Morgan fingerprint density at radius 1 is 0.938 bits per heavy atom. The minimum atomic E-state index is -1.66. The van der Waals surface area contributed by atoms with Crippen molar-refractivity contribution in [3.05, 3.63) is 47.2 Å². The summed E-state index contributed by atoms with van der Waals surface area (Å²) in [6.07, 6.45) is -6.24. The van der Waals surface area contributed by atoms with Gasteiger partial charge in [-0.2, -0.15) is 0 Å². The monoisotopic (exact) mass is 448 g/mol. The maximum atomic E-state index is 12.6. The molecule has 2 aromatic rings. The van der Waals surface area contributed by atoms with E-state index in [0.717, 1.165) is 6.07 Å². The van der Waals surface area contributed by atoms with E-state index >= 15 is 0 Å². The zero-order valence-electron chi connectivity index (χ0n) is 16.3. The summed E-state index contributed by atoms with van der Waals surface area (Å²) in [6, 6.07) is 6.23. The number of carbonyl (C=O) groups is 1. The number of carbonyl (C=O) groups excluding carboxylic acids is 1. The lowest BCUT2D eigenvalue weighted by atomic mass is 9.99. The van der Waals surface area contributed by atoms with Gasteiger partial charge in [0.2, 0.25) is 12.1 Å². The van der Waals surface area contributed by atoms with E-state index in [4.69, 9.17) is 14.2 Å². The largest absolute Gasteiger partial charge is 0.507 e. The standard InChI is InChI=1S/C21H20O11/c22-7-15-18(27)19(28)20(29)21(32-15)30-9-5-12(25)16-13(6-9)31-14(17(16)26)4-8-1-2-10(23)11(24)3-8/h1-6,15,18-25,27-29H,7H2/b14-4+. The molecule has 0 aromatic heterocycles. The minimum Gasteiger partial charge on any atom is -0.507 e. The quantitative estimate of drug-likeness (QED) is 0.238. The molecule has 170 valence electrons. The van der Waals surface area contributed by atoms with Crippen LogP contribution in [-0.4, -0.2) is 78.8 Å². The molecule has 2 heterocycles. The van der Waals surface area contributed by atoms with Crippen molar-refractivity contribution in [2.75, 3.05) is 6.61 Å². The number of ketones is 1. The molecular weight excluding hydrogens is 428 g/mol. The van der Waals surface area contributed by atoms with E-state index in [1.54, 1.807) is 0 Å². The van der Waals surface area contributed by atoms with Crippen LogP contribution < -0.4 is 9.47 Å². The topological polar surface area (TPSA) is 186 Å². The van der Waals surface area contributed by atoms with Crippen molar-refractivity contribution < 1.29 is 54.8 Å². The highest BCUT2D eigenvalue weighted by molar-refractivity contribution is 6.16. The zero-order valence-corrected chi connectivity index (χ0v) is 16.3. The number of Topliss-reactive ketones (excluding diaryl/α,β-unsaturated/α-hetero) is 1. The van der Waals surface area contributed by atoms with E-state index < -0.39 is 48.8 Å². The molecule has 5 atom stereocenters. The van der Waals surface area contributed by atoms with Gasteiger partial charge in [0, 0.05) is 12.1 Å². The molecule has 32 heavy (non-hydrogen) atoms. The maximum Gasteiger partial charge on any atom is 0.235 e. The third kappa shape index (κ3) is 3.83. The highest BCUT2D eigenvalue weighted by Gasteiger charge is 2.45. The Labute approximate surface area is 180 Å². The molecule has 2 aromatic carbocycles. The molecule has 0 radical (unpaired) electrons. The third-order valence-corrected chi connectivity index (χ3v) is 5.12. The number of aliphatic hydroxyl groups excluding tert-OH is 4. The number of phenolic OH excluding ortho intramolecular Hbond substituents is 3. The molecule has 4 rings (SSSR count). The van der Waals surface area contributed by atoms with Crippen LogP contribution in [0.25, 0.3) is 6.08 Å². The number of benzene rings is 2. The zero-order chi connectivity index (χ0) is 23.2. The number of fused-ring (bicyclic) bond motifs is 1. The van der Waals surface area contributed by atoms with Gasteiger partial charge >= 0.3 is 0 Å². The predicted octanol–water partition coefficient (Wildman–Crippen LogP) is -0.402. The number of hydrogen-bond acceptors (Lipinski definition) is 11. The second-order valence-corrected chi connectivity index (χ2v) is 7.32. The summed E-state index contributed by atoms with van der Waals surface area (Å²) in [6.45, 7) is -0.640. The van der Waals surface area contributed by atoms with Gasteiger partial charge in [-0.3, -0.25) is 4.79 Å². The number of phenols is 3. The first-order chi connectivity index (χ1) is 15.2. The normalized spacial score (nSPS) is 28.4. The van der Waals surface area contributed by atoms with Crippen LogP contribution in [0.3, 0.4) is 0 Å². The number of aliphatic hydroxyl groups is 4. The van der Waals surface area contributed by atoms with Crippen LogP contribution in [0.2, 0.25) is 0 Å². The number of rotatable bonds is 4. The molecule has 0 saturated carbocycles. The van der Waals surface area contributed by atoms with Gasteiger partial charge in [-0.25, -0.2) is 0 Å². The van der Waals surface area contributed by atoms with Crippen molar-refractivity contribution in [3.63, 3.8) is 0 Å². The van der Waals surface area contributed by atoms with Crippen LogP contribution in [0.15, 0.2) is 36.1 Å². The lowest BCUT2D eigenvalue weighted by molar-refractivity contribution is -0.277. The van der Waals surface area contributed by atoms with Crippen molar-refractivity contribution >= 4 is 11.9 Å². The number of ether oxygens (including phenoxy) is 3. The summed E-state index contributed by atoms with van der Waals surface area (Å²) in [5.74, 6) is -2.13. The molecule has 11 heteroatoms. The highest BCUT2D eigenvalue weighted by atomic mass is 16.7. The molecule has 2 aliphatic heterocycles. The summed E-state index contributed by atoms with van der Waals surface area (Å²) in [5.41, 5.74) is 0.217. The average molecular weight is 448 g/mol. The second-order valence-electron chi connectivity index (χ2n) is 7.32. The Bertz CT molecular complexity index is 1080. The van der Waals surface area contributed by atoms with Gasteiger partial charge in [0.05, 0.1) is 6.61 Å². The molecule has 1 fully saturated rings. The van der Waals surface area contributed by atoms with E-state index in [2.05, 4.69) is 0 Å². The Morgan fingerprint density at radius 3 is 2.38 bits per heavy atom.